The average Bonchev–Trinajstić information content (AvgIpc) is 2.79. The van der Waals surface area contributed by atoms with Gasteiger partial charge >= 0.3 is 31.3 Å². The van der Waals surface area contributed by atoms with E-state index in [9.17, 15) is 43.2 Å². The SMILES string of the molecule is O=S(=O)(Oc1c(Br)cc2ccccc2c1-c1c(OS(=O)(=O)C(F)(F)F)c(Br)cc2ccccc12)C(F)(F)F. The topological polar surface area (TPSA) is 86.7 Å². The molecule has 0 bridgehead atoms. The molecule has 0 aliphatic heterocycles. The van der Waals surface area contributed by atoms with Crippen LogP contribution in [0.5, 0.6) is 11.5 Å². The van der Waals surface area contributed by atoms with E-state index >= 15 is 0 Å². The molecule has 4 aromatic rings. The highest BCUT2D eigenvalue weighted by Gasteiger charge is 2.50. The number of hydrogen-bond donors (Lipinski definition) is 0. The van der Waals surface area contributed by atoms with Crippen molar-refractivity contribution in [3.63, 3.8) is 0 Å². The van der Waals surface area contributed by atoms with E-state index in [0.717, 1.165) is 0 Å². The Labute approximate surface area is 227 Å². The summed E-state index contributed by atoms with van der Waals surface area (Å²) >= 11 is 5.96. The van der Waals surface area contributed by atoms with Crippen LogP contribution in [-0.4, -0.2) is 27.9 Å². The van der Waals surface area contributed by atoms with Gasteiger partial charge in [-0.25, -0.2) is 0 Å². The smallest absolute Gasteiger partial charge is 0.374 e. The van der Waals surface area contributed by atoms with Crippen molar-refractivity contribution >= 4 is 73.6 Å². The zero-order valence-electron chi connectivity index (χ0n) is 18.1. The fraction of sp³-hybridized carbons (Fsp3) is 0.0909. The molecule has 0 unspecified atom stereocenters. The second-order valence-electron chi connectivity index (χ2n) is 7.53. The molecule has 0 heterocycles. The summed E-state index contributed by atoms with van der Waals surface area (Å²) in [7, 11) is -12.6. The van der Waals surface area contributed by atoms with Gasteiger partial charge in [0.1, 0.15) is 0 Å². The lowest BCUT2D eigenvalue weighted by molar-refractivity contribution is -0.0505. The van der Waals surface area contributed by atoms with Gasteiger partial charge in [-0.1, -0.05) is 48.5 Å². The molecule has 16 heteroatoms. The lowest BCUT2D eigenvalue weighted by Gasteiger charge is -2.21. The molecule has 0 radical (unpaired) electrons. The van der Waals surface area contributed by atoms with Crippen molar-refractivity contribution in [1.82, 2.24) is 0 Å². The minimum absolute atomic E-state index is 0.0144. The van der Waals surface area contributed by atoms with Crippen LogP contribution in [0.3, 0.4) is 0 Å². The van der Waals surface area contributed by atoms with Crippen molar-refractivity contribution in [2.45, 2.75) is 11.0 Å². The largest absolute Gasteiger partial charge is 0.534 e. The van der Waals surface area contributed by atoms with Crippen LogP contribution < -0.4 is 8.37 Å². The third-order valence-electron chi connectivity index (χ3n) is 5.12. The predicted molar refractivity (Wildman–Crippen MR) is 133 cm³/mol. The maximum absolute atomic E-state index is 13.3. The summed E-state index contributed by atoms with van der Waals surface area (Å²) in [5.74, 6) is -1.92. The van der Waals surface area contributed by atoms with Crippen molar-refractivity contribution in [3.8, 4) is 22.6 Å². The summed E-state index contributed by atoms with van der Waals surface area (Å²) in [5, 5.41) is 0.612. The van der Waals surface area contributed by atoms with Crippen LogP contribution in [0.4, 0.5) is 26.3 Å². The van der Waals surface area contributed by atoms with Gasteiger partial charge in [0.15, 0.2) is 11.5 Å². The lowest BCUT2D eigenvalue weighted by atomic mass is 9.92. The molecular weight excluding hydrogens is 698 g/mol. The zero-order chi connectivity index (χ0) is 28.3. The van der Waals surface area contributed by atoms with E-state index in [1.807, 2.05) is 0 Å². The number of rotatable bonds is 5. The molecule has 38 heavy (non-hydrogen) atoms. The number of fused-ring (bicyclic) bond motifs is 2. The maximum atomic E-state index is 13.3. The van der Waals surface area contributed by atoms with Crippen molar-refractivity contribution < 1.29 is 51.5 Å². The van der Waals surface area contributed by atoms with E-state index in [2.05, 4.69) is 40.2 Å². The number of alkyl halides is 6. The van der Waals surface area contributed by atoms with Gasteiger partial charge in [-0.15, -0.1) is 0 Å². The van der Waals surface area contributed by atoms with Gasteiger partial charge in [-0.05, 0) is 65.5 Å². The molecule has 0 saturated carbocycles. The Morgan fingerprint density at radius 2 is 0.895 bits per heavy atom. The molecule has 202 valence electrons. The molecule has 0 aromatic heterocycles. The molecule has 4 aromatic carbocycles. The van der Waals surface area contributed by atoms with E-state index in [1.54, 1.807) is 0 Å². The molecule has 0 aliphatic carbocycles. The Balaban J connectivity index is 2.23. The van der Waals surface area contributed by atoms with E-state index < -0.39 is 53.9 Å². The second kappa shape index (κ2) is 9.57. The predicted octanol–water partition coefficient (Wildman–Crippen LogP) is 7.64. The van der Waals surface area contributed by atoms with E-state index in [0.29, 0.717) is 10.8 Å². The van der Waals surface area contributed by atoms with Crippen LogP contribution in [0.1, 0.15) is 0 Å². The summed E-state index contributed by atoms with van der Waals surface area (Å²) in [6.45, 7) is 0. The van der Waals surface area contributed by atoms with Crippen molar-refractivity contribution in [2.24, 2.45) is 0 Å². The highest BCUT2D eigenvalue weighted by molar-refractivity contribution is 9.11. The quantitative estimate of drug-likeness (QED) is 0.120. The molecule has 0 fully saturated rings. The maximum Gasteiger partial charge on any atom is 0.534 e. The number of halogens is 8. The first-order chi connectivity index (χ1) is 17.4. The molecule has 0 atom stereocenters. The Morgan fingerprint density at radius 3 is 1.21 bits per heavy atom. The second-order valence-corrected chi connectivity index (χ2v) is 12.3. The van der Waals surface area contributed by atoms with Gasteiger partial charge in [-0.3, -0.25) is 0 Å². The monoisotopic (exact) mass is 706 g/mol. The molecule has 0 spiro atoms. The Kier molecular flexibility index (Phi) is 7.16. The fourth-order valence-electron chi connectivity index (χ4n) is 3.56. The Hall–Kier alpha value is -2.56. The van der Waals surface area contributed by atoms with Crippen molar-refractivity contribution in [1.29, 1.82) is 0 Å². The van der Waals surface area contributed by atoms with Gasteiger partial charge in [0.25, 0.3) is 0 Å². The first-order valence-corrected chi connectivity index (χ1v) is 14.3. The summed E-state index contributed by atoms with van der Waals surface area (Å²) in [5.41, 5.74) is -12.7. The molecule has 6 nitrogen and oxygen atoms in total. The van der Waals surface area contributed by atoms with Crippen LogP contribution in [0.15, 0.2) is 69.6 Å². The summed E-state index contributed by atoms with van der Waals surface area (Å²) in [6.07, 6.45) is 0. The fourth-order valence-corrected chi connectivity index (χ4v) is 5.80. The minimum atomic E-state index is -6.29. The average molecular weight is 708 g/mol. The first kappa shape index (κ1) is 28.4. The minimum Gasteiger partial charge on any atom is -0.374 e. The normalized spacial score (nSPS) is 13.2. The Morgan fingerprint density at radius 1 is 0.579 bits per heavy atom. The van der Waals surface area contributed by atoms with Crippen LogP contribution >= 0.6 is 31.9 Å². The van der Waals surface area contributed by atoms with E-state index in [1.165, 1.54) is 60.7 Å². The molecule has 0 N–H and O–H groups in total. The molecule has 4 rings (SSSR count). The number of hydrogen-bond acceptors (Lipinski definition) is 6. The molecule has 0 saturated heterocycles. The van der Waals surface area contributed by atoms with Gasteiger partial charge < -0.3 is 8.37 Å². The standard InChI is InChI=1S/C22H10Br2F6O6S2/c23-15-9-11-5-1-3-7-13(11)17(19(15)35-37(31,32)21(25,26)27)18-14-8-4-2-6-12(14)10-16(24)20(18)36-38(33,34)22(28,29)30/h1-10H. The van der Waals surface area contributed by atoms with Crippen LogP contribution in [-0.2, 0) is 20.2 Å². The summed E-state index contributed by atoms with van der Waals surface area (Å²) < 4.78 is 136. The molecular formula is C22H10Br2F6O6S2. The highest BCUT2D eigenvalue weighted by atomic mass is 79.9. The highest BCUT2D eigenvalue weighted by Crippen LogP contribution is 2.52. The van der Waals surface area contributed by atoms with Crippen LogP contribution in [0.2, 0.25) is 0 Å². The van der Waals surface area contributed by atoms with Gasteiger partial charge in [-0.2, -0.15) is 43.2 Å². The van der Waals surface area contributed by atoms with Gasteiger partial charge in [0.2, 0.25) is 0 Å². The van der Waals surface area contributed by atoms with E-state index in [-0.39, 0.29) is 19.7 Å². The molecule has 0 amide bonds. The van der Waals surface area contributed by atoms with E-state index in [4.69, 9.17) is 0 Å². The van der Waals surface area contributed by atoms with Crippen LogP contribution in [0.25, 0.3) is 32.7 Å². The van der Waals surface area contributed by atoms with Crippen molar-refractivity contribution in [3.05, 3.63) is 69.6 Å². The Bertz CT molecular complexity index is 1670. The summed E-state index contributed by atoms with van der Waals surface area (Å²) in [4.78, 5) is 0. The zero-order valence-corrected chi connectivity index (χ0v) is 22.9. The van der Waals surface area contributed by atoms with Gasteiger partial charge in [0.05, 0.1) is 8.95 Å². The lowest BCUT2D eigenvalue weighted by Crippen LogP contribution is -2.29. The number of benzene rings is 4. The van der Waals surface area contributed by atoms with Crippen molar-refractivity contribution in [2.75, 3.05) is 0 Å². The molecule has 0 aliphatic rings. The first-order valence-electron chi connectivity index (χ1n) is 9.89. The van der Waals surface area contributed by atoms with Crippen LogP contribution in [0, 0.1) is 0 Å². The third kappa shape index (κ3) is 5.05. The van der Waals surface area contributed by atoms with Gasteiger partial charge in [0, 0.05) is 11.1 Å². The third-order valence-corrected chi connectivity index (χ3v) is 8.20. The summed E-state index contributed by atoms with van der Waals surface area (Å²) in [6, 6.07) is 14.0.